The van der Waals surface area contributed by atoms with Crippen molar-refractivity contribution in [1.82, 2.24) is 25.1 Å². The van der Waals surface area contributed by atoms with Gasteiger partial charge in [0.1, 0.15) is 16.7 Å². The van der Waals surface area contributed by atoms with Crippen LogP contribution in [0, 0.1) is 17.2 Å². The topological polar surface area (TPSA) is 143 Å². The molecule has 0 spiro atoms. The molecule has 0 bridgehead atoms. The van der Waals surface area contributed by atoms with Gasteiger partial charge in [-0.3, -0.25) is 4.79 Å². The summed E-state index contributed by atoms with van der Waals surface area (Å²) in [6, 6.07) is 2.26. The fourth-order valence-corrected chi connectivity index (χ4v) is 4.90. The number of piperidine rings is 2. The van der Waals surface area contributed by atoms with E-state index < -0.39 is 0 Å². The Bertz CT molecular complexity index is 1240. The first-order valence-corrected chi connectivity index (χ1v) is 13.2. The van der Waals surface area contributed by atoms with Gasteiger partial charge >= 0.3 is 0 Å². The number of nitrogens with one attached hydrogen (secondary N) is 2. The van der Waals surface area contributed by atoms with Crippen LogP contribution in [0.15, 0.2) is 47.6 Å². The van der Waals surface area contributed by atoms with Gasteiger partial charge in [-0.05, 0) is 43.8 Å². The van der Waals surface area contributed by atoms with Crippen LogP contribution in [0.25, 0.3) is 10.9 Å². The van der Waals surface area contributed by atoms with E-state index >= 15 is 0 Å². The number of aromatic amines is 1. The summed E-state index contributed by atoms with van der Waals surface area (Å²) in [4.78, 5) is 26.4. The minimum atomic E-state index is -0.373. The van der Waals surface area contributed by atoms with Gasteiger partial charge in [0.25, 0.3) is 5.56 Å². The maximum absolute atomic E-state index is 12.7. The van der Waals surface area contributed by atoms with Crippen molar-refractivity contribution in [3.63, 3.8) is 0 Å². The van der Waals surface area contributed by atoms with Crippen molar-refractivity contribution < 1.29 is 9.84 Å². The lowest BCUT2D eigenvalue weighted by Gasteiger charge is -2.31. The molecule has 0 aliphatic carbocycles. The molecule has 0 saturated carbocycles. The van der Waals surface area contributed by atoms with E-state index in [4.69, 9.17) is 20.1 Å². The number of aromatic nitrogens is 4. The van der Waals surface area contributed by atoms with E-state index in [1.807, 2.05) is 12.2 Å². The molecule has 4 heterocycles. The third kappa shape index (κ3) is 7.25. The summed E-state index contributed by atoms with van der Waals surface area (Å²) in [7, 11) is 0. The zero-order chi connectivity index (χ0) is 26.7. The van der Waals surface area contributed by atoms with Crippen LogP contribution in [0.2, 0.25) is 0 Å². The van der Waals surface area contributed by atoms with Gasteiger partial charge in [0.05, 0.1) is 31.6 Å². The highest BCUT2D eigenvalue weighted by molar-refractivity contribution is 5.89. The first kappa shape index (κ1) is 27.4. The smallest absolute Gasteiger partial charge is 0.277 e. The summed E-state index contributed by atoms with van der Waals surface area (Å²) < 4.78 is 6.03. The standard InChI is InChI=1S/C27H36N8O3/c1-2-4-21(5-3-18-38-22-9-12-34(13-10-22)16-17-36)30-25-24-23(19-29-33-26(24)37)31-27(32-25)35-14-7-20(6-11-28)8-15-35/h2-5,19-20,22,36H,1,6-10,12-18H2,(H,33,37)(H,30,31,32)/b5-3-,21-4+. The number of aliphatic hydroxyl groups is 1. The Morgan fingerprint density at radius 1 is 1.26 bits per heavy atom. The average Bonchev–Trinajstić information content (AvgIpc) is 2.93. The molecule has 11 heteroatoms. The number of β-amino-alcohol motifs (C(OH)–C–C–N with tert-alkyl or cyclic N) is 1. The quantitative estimate of drug-likeness (QED) is 0.378. The highest BCUT2D eigenvalue weighted by Gasteiger charge is 2.23. The second-order valence-electron chi connectivity index (χ2n) is 9.61. The molecule has 4 rings (SSSR count). The molecule has 11 nitrogen and oxygen atoms in total. The minimum absolute atomic E-state index is 0.187. The van der Waals surface area contributed by atoms with Gasteiger partial charge in [-0.1, -0.05) is 18.7 Å². The maximum Gasteiger partial charge on any atom is 0.277 e. The first-order chi connectivity index (χ1) is 18.6. The molecule has 2 saturated heterocycles. The molecular formula is C27H36N8O3. The number of aliphatic hydroxyl groups excluding tert-OH is 1. The van der Waals surface area contributed by atoms with E-state index in [9.17, 15) is 4.79 Å². The van der Waals surface area contributed by atoms with E-state index in [2.05, 4.69) is 42.9 Å². The number of H-pyrrole nitrogens is 1. The lowest BCUT2D eigenvalue weighted by molar-refractivity contribution is 0.0185. The number of anilines is 2. The van der Waals surface area contributed by atoms with Crippen molar-refractivity contribution in [2.45, 2.75) is 38.2 Å². The summed E-state index contributed by atoms with van der Waals surface area (Å²) >= 11 is 0. The van der Waals surface area contributed by atoms with Gasteiger partial charge in [0, 0.05) is 44.8 Å². The number of fused-ring (bicyclic) bond motifs is 1. The Balaban J connectivity index is 1.45. The Hall–Kier alpha value is -3.59. The summed E-state index contributed by atoms with van der Waals surface area (Å²) in [5.74, 6) is 1.31. The Morgan fingerprint density at radius 3 is 2.76 bits per heavy atom. The van der Waals surface area contributed by atoms with E-state index in [1.54, 1.807) is 12.2 Å². The summed E-state index contributed by atoms with van der Waals surface area (Å²) in [6.45, 7) is 8.53. The highest BCUT2D eigenvalue weighted by atomic mass is 16.5. The van der Waals surface area contributed by atoms with Gasteiger partial charge in [-0.2, -0.15) is 15.3 Å². The first-order valence-electron chi connectivity index (χ1n) is 13.2. The lowest BCUT2D eigenvalue weighted by Crippen LogP contribution is -2.38. The van der Waals surface area contributed by atoms with Crippen LogP contribution in [0.4, 0.5) is 11.8 Å². The molecule has 3 N–H and O–H groups in total. The molecule has 0 unspecified atom stereocenters. The molecular weight excluding hydrogens is 484 g/mol. The molecule has 2 fully saturated rings. The number of allylic oxidation sites excluding steroid dienone is 3. The number of rotatable bonds is 11. The molecule has 0 amide bonds. The maximum atomic E-state index is 12.7. The summed E-state index contributed by atoms with van der Waals surface area (Å²) in [6.07, 6.45) is 13.3. The zero-order valence-corrected chi connectivity index (χ0v) is 21.7. The van der Waals surface area contributed by atoms with Crippen LogP contribution in [0.5, 0.6) is 0 Å². The van der Waals surface area contributed by atoms with Crippen molar-refractivity contribution in [2.24, 2.45) is 5.92 Å². The molecule has 202 valence electrons. The molecule has 0 atom stereocenters. The Labute approximate surface area is 222 Å². The third-order valence-corrected chi connectivity index (χ3v) is 7.02. The predicted octanol–water partition coefficient (Wildman–Crippen LogP) is 2.35. The van der Waals surface area contributed by atoms with Crippen LogP contribution in [-0.4, -0.2) is 82.2 Å². The average molecular weight is 521 g/mol. The number of hydrogen-bond acceptors (Lipinski definition) is 10. The molecule has 2 aromatic heterocycles. The van der Waals surface area contributed by atoms with Crippen LogP contribution in [-0.2, 0) is 4.74 Å². The molecule has 2 aromatic rings. The molecule has 0 aromatic carbocycles. The van der Waals surface area contributed by atoms with Crippen molar-refractivity contribution in [3.8, 4) is 6.07 Å². The molecule has 38 heavy (non-hydrogen) atoms. The third-order valence-electron chi connectivity index (χ3n) is 7.02. The Morgan fingerprint density at radius 2 is 2.05 bits per heavy atom. The number of nitrogens with zero attached hydrogens (tertiary/aromatic N) is 6. The normalized spacial score (nSPS) is 18.2. The molecule has 2 aliphatic heterocycles. The van der Waals surface area contributed by atoms with Crippen LogP contribution >= 0.6 is 0 Å². The van der Waals surface area contributed by atoms with Gasteiger partial charge in [0.15, 0.2) is 0 Å². The predicted molar refractivity (Wildman–Crippen MR) is 147 cm³/mol. The number of hydrogen-bond donors (Lipinski definition) is 3. The second kappa shape index (κ2) is 13.8. The minimum Gasteiger partial charge on any atom is -0.395 e. The van der Waals surface area contributed by atoms with Gasteiger partial charge in [-0.25, -0.2) is 10.1 Å². The van der Waals surface area contributed by atoms with Crippen LogP contribution in [0.1, 0.15) is 32.1 Å². The number of nitriles is 1. The highest BCUT2D eigenvalue weighted by Crippen LogP contribution is 2.26. The fourth-order valence-electron chi connectivity index (χ4n) is 4.90. The fraction of sp³-hybridized carbons (Fsp3) is 0.519. The van der Waals surface area contributed by atoms with Crippen LogP contribution in [0.3, 0.4) is 0 Å². The second-order valence-corrected chi connectivity index (χ2v) is 9.61. The van der Waals surface area contributed by atoms with Gasteiger partial charge < -0.3 is 25.0 Å². The summed E-state index contributed by atoms with van der Waals surface area (Å²) in [5, 5.41) is 28.1. The van der Waals surface area contributed by atoms with Crippen molar-refractivity contribution in [2.75, 3.05) is 56.2 Å². The van der Waals surface area contributed by atoms with E-state index in [0.717, 1.165) is 51.9 Å². The van der Waals surface area contributed by atoms with Crippen molar-refractivity contribution >= 4 is 22.7 Å². The van der Waals surface area contributed by atoms with E-state index in [0.29, 0.717) is 53.9 Å². The molecule has 2 aliphatic rings. The van der Waals surface area contributed by atoms with E-state index in [-0.39, 0.29) is 18.3 Å². The number of ether oxygens (including phenoxy) is 1. The molecule has 0 radical (unpaired) electrons. The SMILES string of the molecule is C=C/C=C(\C=C/COC1CCN(CCO)CC1)Nc1nc(N2CCC(CC#N)CC2)nc2cn[nH]c(=O)c12. The summed E-state index contributed by atoms with van der Waals surface area (Å²) in [5.41, 5.74) is 0.788. The van der Waals surface area contributed by atoms with Gasteiger partial charge in [0.2, 0.25) is 5.95 Å². The monoisotopic (exact) mass is 520 g/mol. The van der Waals surface area contributed by atoms with Gasteiger partial charge in [-0.15, -0.1) is 0 Å². The lowest BCUT2D eigenvalue weighted by atomic mass is 9.94. The van der Waals surface area contributed by atoms with Crippen molar-refractivity contribution in [3.05, 3.63) is 53.1 Å². The largest absolute Gasteiger partial charge is 0.395 e. The zero-order valence-electron chi connectivity index (χ0n) is 21.7. The van der Waals surface area contributed by atoms with Crippen molar-refractivity contribution in [1.29, 1.82) is 5.26 Å². The van der Waals surface area contributed by atoms with E-state index in [1.165, 1.54) is 6.20 Å². The Kier molecular flexibility index (Phi) is 9.97. The number of likely N-dealkylation sites (tertiary alicyclic amines) is 1. The van der Waals surface area contributed by atoms with Crippen LogP contribution < -0.4 is 15.8 Å².